The second kappa shape index (κ2) is 7.45. The van der Waals surface area contributed by atoms with E-state index in [1.165, 1.54) is 40.9 Å². The second-order valence-corrected chi connectivity index (χ2v) is 8.11. The van der Waals surface area contributed by atoms with Crippen LogP contribution >= 0.6 is 0 Å². The molecular formula is C21H21F4N3O2. The predicted molar refractivity (Wildman–Crippen MR) is 101 cm³/mol. The molecule has 1 aromatic carbocycles. The summed E-state index contributed by atoms with van der Waals surface area (Å²) in [5, 5.41) is 7.76. The zero-order chi connectivity index (χ0) is 21.5. The van der Waals surface area contributed by atoms with Crippen molar-refractivity contribution in [2.24, 2.45) is 5.92 Å². The highest BCUT2D eigenvalue weighted by Crippen LogP contribution is 2.40. The molecule has 160 valence electrons. The quantitative estimate of drug-likeness (QED) is 0.498. The van der Waals surface area contributed by atoms with Crippen LogP contribution in [-0.4, -0.2) is 26.8 Å². The van der Waals surface area contributed by atoms with Gasteiger partial charge in [0.1, 0.15) is 40.9 Å². The Hall–Kier alpha value is -2.84. The van der Waals surface area contributed by atoms with Crippen molar-refractivity contribution in [3.05, 3.63) is 53.7 Å². The highest BCUT2D eigenvalue weighted by atomic mass is 19.4. The Morgan fingerprint density at radius 3 is 2.40 bits per heavy atom. The van der Waals surface area contributed by atoms with Gasteiger partial charge in [-0.05, 0) is 62.9 Å². The molecule has 0 N–H and O–H groups in total. The van der Waals surface area contributed by atoms with Gasteiger partial charge in [-0.1, -0.05) is 0 Å². The van der Waals surface area contributed by atoms with Gasteiger partial charge >= 0.3 is 6.18 Å². The number of nitrogens with zero attached hydrogens (tertiary/aromatic N) is 3. The van der Waals surface area contributed by atoms with Gasteiger partial charge in [0.15, 0.2) is 5.65 Å². The summed E-state index contributed by atoms with van der Waals surface area (Å²) in [6, 6.07) is 6.66. The lowest BCUT2D eigenvalue weighted by molar-refractivity contribution is -0.138. The third kappa shape index (κ3) is 4.49. The van der Waals surface area contributed by atoms with E-state index < -0.39 is 23.2 Å². The van der Waals surface area contributed by atoms with Crippen LogP contribution in [0.15, 0.2) is 36.5 Å². The molecule has 1 fully saturated rings. The topological polar surface area (TPSA) is 48.7 Å². The first-order chi connectivity index (χ1) is 14.1. The monoisotopic (exact) mass is 423 g/mol. The van der Waals surface area contributed by atoms with E-state index in [0.29, 0.717) is 23.9 Å². The number of alkyl halides is 3. The largest absolute Gasteiger partial charge is 0.489 e. The average Bonchev–Trinajstić information content (AvgIpc) is 3.39. The third-order valence-corrected chi connectivity index (χ3v) is 4.85. The van der Waals surface area contributed by atoms with Crippen molar-refractivity contribution in [1.82, 2.24) is 14.6 Å². The number of hydrogen-bond acceptors (Lipinski definition) is 4. The van der Waals surface area contributed by atoms with Crippen LogP contribution in [0.5, 0.6) is 11.5 Å². The van der Waals surface area contributed by atoms with Crippen LogP contribution in [0.25, 0.3) is 5.65 Å². The molecule has 0 atom stereocenters. The molecule has 0 radical (unpaired) electrons. The lowest BCUT2D eigenvalue weighted by Crippen LogP contribution is -2.36. The van der Waals surface area contributed by atoms with Crippen molar-refractivity contribution >= 4 is 5.65 Å². The van der Waals surface area contributed by atoms with Gasteiger partial charge in [-0.25, -0.2) is 4.39 Å². The standard InChI is InChI=1S/C21H21F4N3O2/c1-20(2,30-15-7-5-14(22)6-8-15)12-29-16-9-10-28-17(11-13-3-4-13)26-27-19(28)18(16)21(23,24)25/h5-10,13H,3-4,11-12H2,1-2H3. The van der Waals surface area contributed by atoms with E-state index in [0.717, 1.165) is 12.8 Å². The number of hydrogen-bond donors (Lipinski definition) is 0. The van der Waals surface area contributed by atoms with Gasteiger partial charge in [0.25, 0.3) is 0 Å². The highest BCUT2D eigenvalue weighted by Gasteiger charge is 2.39. The number of rotatable bonds is 7. The van der Waals surface area contributed by atoms with Crippen molar-refractivity contribution in [3.63, 3.8) is 0 Å². The molecular weight excluding hydrogens is 402 g/mol. The first-order valence-corrected chi connectivity index (χ1v) is 9.63. The molecule has 0 amide bonds. The van der Waals surface area contributed by atoms with Crippen LogP contribution in [0, 0.1) is 11.7 Å². The smallest absolute Gasteiger partial charge is 0.423 e. The zero-order valence-corrected chi connectivity index (χ0v) is 16.5. The van der Waals surface area contributed by atoms with E-state index >= 15 is 0 Å². The number of fused-ring (bicyclic) bond motifs is 1. The van der Waals surface area contributed by atoms with E-state index in [1.54, 1.807) is 13.8 Å². The third-order valence-electron chi connectivity index (χ3n) is 4.85. The minimum absolute atomic E-state index is 0.160. The fourth-order valence-electron chi connectivity index (χ4n) is 3.20. The lowest BCUT2D eigenvalue weighted by Gasteiger charge is -2.27. The van der Waals surface area contributed by atoms with E-state index in [-0.39, 0.29) is 18.0 Å². The van der Waals surface area contributed by atoms with Crippen LogP contribution in [-0.2, 0) is 12.6 Å². The summed E-state index contributed by atoms with van der Waals surface area (Å²) in [5.41, 5.74) is -2.19. The highest BCUT2D eigenvalue weighted by molar-refractivity contribution is 5.56. The van der Waals surface area contributed by atoms with Crippen LogP contribution < -0.4 is 9.47 Å². The molecule has 3 aromatic rings. The maximum atomic E-state index is 13.8. The summed E-state index contributed by atoms with van der Waals surface area (Å²) in [6.07, 6.45) is -0.427. The SMILES string of the molecule is CC(C)(COc1ccn2c(CC3CC3)nnc2c1C(F)(F)F)Oc1ccc(F)cc1. The average molecular weight is 423 g/mol. The minimum Gasteiger partial charge on any atom is -0.489 e. The van der Waals surface area contributed by atoms with E-state index in [4.69, 9.17) is 9.47 Å². The summed E-state index contributed by atoms with van der Waals surface area (Å²) in [4.78, 5) is 0. The second-order valence-electron chi connectivity index (χ2n) is 8.11. The number of benzene rings is 1. The van der Waals surface area contributed by atoms with Crippen molar-refractivity contribution in [1.29, 1.82) is 0 Å². The number of pyridine rings is 1. The Morgan fingerprint density at radius 1 is 1.07 bits per heavy atom. The number of ether oxygens (including phenoxy) is 2. The molecule has 0 aliphatic heterocycles. The Balaban J connectivity index is 1.57. The summed E-state index contributed by atoms with van der Waals surface area (Å²) in [5.74, 6) is 0.625. The van der Waals surface area contributed by atoms with Gasteiger partial charge in [0.05, 0.1) is 0 Å². The number of aromatic nitrogens is 3. The molecule has 0 spiro atoms. The summed E-state index contributed by atoms with van der Waals surface area (Å²) in [6.45, 7) is 3.19. The summed E-state index contributed by atoms with van der Waals surface area (Å²) < 4.78 is 67.2. The maximum absolute atomic E-state index is 13.8. The Labute approximate surface area is 170 Å². The first-order valence-electron chi connectivity index (χ1n) is 9.63. The Morgan fingerprint density at radius 2 is 1.77 bits per heavy atom. The van der Waals surface area contributed by atoms with Gasteiger partial charge in [-0.3, -0.25) is 4.40 Å². The lowest BCUT2D eigenvalue weighted by atomic mass is 10.1. The van der Waals surface area contributed by atoms with Gasteiger partial charge in [0.2, 0.25) is 0 Å². The van der Waals surface area contributed by atoms with Crippen molar-refractivity contribution in [2.45, 2.75) is 44.9 Å². The molecule has 1 aliphatic carbocycles. The van der Waals surface area contributed by atoms with E-state index in [1.807, 2.05) is 0 Å². The molecule has 2 aromatic heterocycles. The molecule has 5 nitrogen and oxygen atoms in total. The summed E-state index contributed by atoms with van der Waals surface area (Å²) in [7, 11) is 0. The normalized spacial score (nSPS) is 14.9. The van der Waals surface area contributed by atoms with Gasteiger partial charge < -0.3 is 9.47 Å². The number of halogens is 4. The molecule has 1 saturated carbocycles. The van der Waals surface area contributed by atoms with E-state index in [2.05, 4.69) is 10.2 Å². The fraction of sp³-hybridized carbons (Fsp3) is 0.429. The van der Waals surface area contributed by atoms with Gasteiger partial charge in [0, 0.05) is 12.6 Å². The molecule has 0 saturated heterocycles. The predicted octanol–water partition coefficient (Wildman–Crippen LogP) is 5.08. The molecule has 2 heterocycles. The van der Waals surface area contributed by atoms with Crippen LogP contribution in [0.1, 0.15) is 38.1 Å². The van der Waals surface area contributed by atoms with Gasteiger partial charge in [-0.2, -0.15) is 13.2 Å². The van der Waals surface area contributed by atoms with Gasteiger partial charge in [-0.15, -0.1) is 10.2 Å². The first kappa shape index (κ1) is 20.4. The summed E-state index contributed by atoms with van der Waals surface area (Å²) >= 11 is 0. The molecule has 0 unspecified atom stereocenters. The fourth-order valence-corrected chi connectivity index (χ4v) is 3.20. The molecule has 30 heavy (non-hydrogen) atoms. The molecule has 9 heteroatoms. The Kier molecular flexibility index (Phi) is 5.07. The van der Waals surface area contributed by atoms with Crippen molar-refractivity contribution in [3.8, 4) is 11.5 Å². The van der Waals surface area contributed by atoms with Crippen LogP contribution in [0.4, 0.5) is 17.6 Å². The molecule has 0 bridgehead atoms. The Bertz CT molecular complexity index is 1040. The van der Waals surface area contributed by atoms with Crippen molar-refractivity contribution < 1.29 is 27.0 Å². The maximum Gasteiger partial charge on any atom is 0.423 e. The van der Waals surface area contributed by atoms with Crippen LogP contribution in [0.3, 0.4) is 0 Å². The molecule has 1 aliphatic rings. The van der Waals surface area contributed by atoms with Crippen molar-refractivity contribution in [2.75, 3.05) is 6.61 Å². The zero-order valence-electron chi connectivity index (χ0n) is 16.5. The van der Waals surface area contributed by atoms with Crippen LogP contribution in [0.2, 0.25) is 0 Å². The minimum atomic E-state index is -4.66. The van der Waals surface area contributed by atoms with E-state index in [9.17, 15) is 17.6 Å². The molecule has 4 rings (SSSR count).